The fourth-order valence-electron chi connectivity index (χ4n) is 1.05. The van der Waals surface area contributed by atoms with Crippen LogP contribution in [0.1, 0.15) is 5.89 Å². The molecular weight excluding hydrogens is 359 g/mol. The highest BCUT2D eigenvalue weighted by molar-refractivity contribution is 14.1. The first-order valence-corrected chi connectivity index (χ1v) is 6.26. The second-order valence-electron chi connectivity index (χ2n) is 2.66. The maximum absolute atomic E-state index is 5.02. The molecule has 3 nitrogen and oxygen atoms in total. The van der Waals surface area contributed by atoms with Gasteiger partial charge in [-0.1, -0.05) is 55.8 Å². The molecular formula is C9H6BrIN2O. The summed E-state index contributed by atoms with van der Waals surface area (Å²) in [4.78, 5) is 4.23. The Bertz CT molecular complexity index is 444. The Balaban J connectivity index is 2.39. The summed E-state index contributed by atoms with van der Waals surface area (Å²) in [5.74, 6) is 1.29. The van der Waals surface area contributed by atoms with Gasteiger partial charge in [0.25, 0.3) is 0 Å². The molecule has 0 fully saturated rings. The molecule has 14 heavy (non-hydrogen) atoms. The first kappa shape index (κ1) is 10.1. The second kappa shape index (κ2) is 4.39. The van der Waals surface area contributed by atoms with E-state index < -0.39 is 0 Å². The quantitative estimate of drug-likeness (QED) is 0.605. The predicted octanol–water partition coefficient (Wildman–Crippen LogP) is 3.43. The van der Waals surface area contributed by atoms with E-state index in [1.54, 1.807) is 0 Å². The minimum Gasteiger partial charge on any atom is -0.338 e. The Kier molecular flexibility index (Phi) is 3.17. The van der Waals surface area contributed by atoms with Crippen molar-refractivity contribution in [2.45, 2.75) is 4.43 Å². The summed E-state index contributed by atoms with van der Waals surface area (Å²) in [5, 5.41) is 3.89. The molecule has 2 aromatic rings. The molecule has 2 rings (SSSR count). The monoisotopic (exact) mass is 364 g/mol. The number of alkyl halides is 1. The van der Waals surface area contributed by atoms with Gasteiger partial charge in [-0.25, -0.2) is 0 Å². The van der Waals surface area contributed by atoms with E-state index in [2.05, 4.69) is 48.7 Å². The number of rotatable bonds is 2. The van der Waals surface area contributed by atoms with Crippen molar-refractivity contribution < 1.29 is 4.52 Å². The van der Waals surface area contributed by atoms with Gasteiger partial charge in [-0.15, -0.1) is 0 Å². The van der Waals surface area contributed by atoms with Gasteiger partial charge in [0, 0.05) is 10.0 Å². The van der Waals surface area contributed by atoms with Crippen LogP contribution in [0.4, 0.5) is 0 Å². The van der Waals surface area contributed by atoms with Crippen molar-refractivity contribution in [1.82, 2.24) is 10.1 Å². The van der Waals surface area contributed by atoms with Gasteiger partial charge in [0.2, 0.25) is 11.7 Å². The molecule has 0 unspecified atom stereocenters. The Morgan fingerprint density at radius 3 is 2.93 bits per heavy atom. The van der Waals surface area contributed by atoms with Crippen molar-refractivity contribution in [2.24, 2.45) is 0 Å². The third-order valence-electron chi connectivity index (χ3n) is 1.67. The molecule has 0 aliphatic rings. The largest absolute Gasteiger partial charge is 0.338 e. The van der Waals surface area contributed by atoms with Crippen molar-refractivity contribution >= 4 is 38.5 Å². The first-order chi connectivity index (χ1) is 6.79. The van der Waals surface area contributed by atoms with Crippen molar-refractivity contribution in [1.29, 1.82) is 0 Å². The van der Waals surface area contributed by atoms with Gasteiger partial charge >= 0.3 is 0 Å². The molecule has 0 N–H and O–H groups in total. The Morgan fingerprint density at radius 2 is 2.29 bits per heavy atom. The lowest BCUT2D eigenvalue weighted by atomic mass is 10.2. The Hall–Kier alpha value is -0.430. The zero-order valence-corrected chi connectivity index (χ0v) is 10.8. The second-order valence-corrected chi connectivity index (χ2v) is 4.33. The molecule has 0 bridgehead atoms. The molecule has 0 spiro atoms. The van der Waals surface area contributed by atoms with Crippen LogP contribution in [0.15, 0.2) is 33.3 Å². The highest BCUT2D eigenvalue weighted by Gasteiger charge is 2.06. The molecule has 1 aromatic heterocycles. The fourth-order valence-corrected chi connectivity index (χ4v) is 1.76. The summed E-state index contributed by atoms with van der Waals surface area (Å²) in [6, 6.07) is 7.82. The number of hydrogen-bond acceptors (Lipinski definition) is 3. The van der Waals surface area contributed by atoms with Gasteiger partial charge in [0.15, 0.2) is 0 Å². The van der Waals surface area contributed by atoms with Gasteiger partial charge in [-0.05, 0) is 12.1 Å². The zero-order valence-electron chi connectivity index (χ0n) is 7.08. The minimum absolute atomic E-state index is 0.637. The van der Waals surface area contributed by atoms with Crippen LogP contribution in [0.5, 0.6) is 0 Å². The van der Waals surface area contributed by atoms with E-state index in [0.717, 1.165) is 14.5 Å². The highest BCUT2D eigenvalue weighted by atomic mass is 127. The van der Waals surface area contributed by atoms with Crippen LogP contribution in [0.3, 0.4) is 0 Å². The topological polar surface area (TPSA) is 38.9 Å². The summed E-state index contributed by atoms with van der Waals surface area (Å²) >= 11 is 5.58. The van der Waals surface area contributed by atoms with Crippen LogP contribution in [0.2, 0.25) is 0 Å². The molecule has 0 saturated heterocycles. The number of hydrogen-bond donors (Lipinski definition) is 0. The van der Waals surface area contributed by atoms with Gasteiger partial charge in [-0.3, -0.25) is 0 Å². The normalized spacial score (nSPS) is 10.4. The molecule has 0 radical (unpaired) electrons. The van der Waals surface area contributed by atoms with Crippen LogP contribution in [0, 0.1) is 0 Å². The van der Waals surface area contributed by atoms with Gasteiger partial charge in [0.05, 0.1) is 4.43 Å². The lowest BCUT2D eigenvalue weighted by molar-refractivity contribution is 0.393. The van der Waals surface area contributed by atoms with Crippen molar-refractivity contribution in [3.63, 3.8) is 0 Å². The molecule has 0 aliphatic carbocycles. The maximum Gasteiger partial charge on any atom is 0.236 e. The number of aromatic nitrogens is 2. The molecule has 1 heterocycles. The van der Waals surface area contributed by atoms with E-state index in [9.17, 15) is 0 Å². The molecule has 0 amide bonds. The van der Waals surface area contributed by atoms with Crippen LogP contribution in [-0.2, 0) is 4.43 Å². The van der Waals surface area contributed by atoms with E-state index in [1.807, 2.05) is 24.3 Å². The Labute approximate surface area is 103 Å². The molecule has 5 heteroatoms. The molecule has 72 valence electrons. The molecule has 0 aliphatic heterocycles. The van der Waals surface area contributed by atoms with E-state index in [-0.39, 0.29) is 0 Å². The number of nitrogens with zero attached hydrogens (tertiary/aromatic N) is 2. The van der Waals surface area contributed by atoms with Crippen molar-refractivity contribution in [3.05, 3.63) is 34.6 Å². The third-order valence-corrected chi connectivity index (χ3v) is 2.81. The Morgan fingerprint density at radius 1 is 1.43 bits per heavy atom. The van der Waals surface area contributed by atoms with Gasteiger partial charge in [0.1, 0.15) is 0 Å². The summed E-state index contributed by atoms with van der Waals surface area (Å²) in [6.45, 7) is 0. The lowest BCUT2D eigenvalue weighted by Gasteiger charge is -1.93. The third kappa shape index (κ3) is 2.14. The summed E-state index contributed by atoms with van der Waals surface area (Å²) in [6.07, 6.45) is 0. The summed E-state index contributed by atoms with van der Waals surface area (Å²) in [7, 11) is 0. The molecule has 0 atom stereocenters. The predicted molar refractivity (Wildman–Crippen MR) is 65.2 cm³/mol. The van der Waals surface area contributed by atoms with Crippen molar-refractivity contribution in [3.8, 4) is 11.4 Å². The molecule has 0 saturated carbocycles. The van der Waals surface area contributed by atoms with E-state index in [0.29, 0.717) is 11.7 Å². The van der Waals surface area contributed by atoms with Crippen molar-refractivity contribution in [2.75, 3.05) is 0 Å². The first-order valence-electron chi connectivity index (χ1n) is 3.94. The van der Waals surface area contributed by atoms with E-state index in [4.69, 9.17) is 4.52 Å². The minimum atomic E-state index is 0.637. The van der Waals surface area contributed by atoms with E-state index >= 15 is 0 Å². The highest BCUT2D eigenvalue weighted by Crippen LogP contribution is 2.20. The standard InChI is InChI=1S/C9H6BrIN2O/c10-7-3-1-2-6(4-7)9-12-8(5-11)14-13-9/h1-4H,5H2. The maximum atomic E-state index is 5.02. The lowest BCUT2D eigenvalue weighted by Crippen LogP contribution is -1.80. The average molecular weight is 365 g/mol. The summed E-state index contributed by atoms with van der Waals surface area (Å²) in [5.41, 5.74) is 0.958. The van der Waals surface area contributed by atoms with E-state index in [1.165, 1.54) is 0 Å². The fraction of sp³-hybridized carbons (Fsp3) is 0.111. The number of benzene rings is 1. The van der Waals surface area contributed by atoms with Crippen LogP contribution < -0.4 is 0 Å². The van der Waals surface area contributed by atoms with Crippen LogP contribution in [0.25, 0.3) is 11.4 Å². The SMILES string of the molecule is Brc1cccc(-c2noc(CI)n2)c1. The van der Waals surface area contributed by atoms with Gasteiger partial charge in [-0.2, -0.15) is 4.98 Å². The average Bonchev–Trinajstić information content (AvgIpc) is 2.66. The summed E-state index contributed by atoms with van der Waals surface area (Å²) < 4.78 is 6.77. The zero-order chi connectivity index (χ0) is 9.97. The number of halogens is 2. The van der Waals surface area contributed by atoms with Crippen LogP contribution >= 0.6 is 38.5 Å². The molecule has 1 aromatic carbocycles. The van der Waals surface area contributed by atoms with Crippen LogP contribution in [-0.4, -0.2) is 10.1 Å². The van der Waals surface area contributed by atoms with Gasteiger partial charge < -0.3 is 4.52 Å². The smallest absolute Gasteiger partial charge is 0.236 e.